The van der Waals surface area contributed by atoms with Gasteiger partial charge in [-0.15, -0.1) is 0 Å². The van der Waals surface area contributed by atoms with E-state index >= 15 is 0 Å². The molecule has 0 amide bonds. The van der Waals surface area contributed by atoms with Crippen LogP contribution in [0.4, 0.5) is 5.95 Å². The molecule has 2 heterocycles. The molecule has 0 radical (unpaired) electrons. The van der Waals surface area contributed by atoms with E-state index in [2.05, 4.69) is 14.7 Å². The molecule has 25 heavy (non-hydrogen) atoms. The molecule has 0 bridgehead atoms. The quantitative estimate of drug-likeness (QED) is 0.810. The smallest absolute Gasteiger partial charge is 0.240 e. The molecule has 3 rings (SSSR count). The summed E-state index contributed by atoms with van der Waals surface area (Å²) in [6.45, 7) is 2.81. The molecule has 1 aliphatic rings. The lowest BCUT2D eigenvalue weighted by Gasteiger charge is -2.26. The minimum atomic E-state index is -3.62. The predicted octanol–water partition coefficient (Wildman–Crippen LogP) is 0.800. The molecule has 1 aromatic heterocycles. The van der Waals surface area contributed by atoms with Crippen LogP contribution in [0.5, 0.6) is 5.75 Å². The average Bonchev–Trinajstić information content (AvgIpc) is 2.67. The SMILES string of the molecule is COc1ccc(S(=O)(=O)NCc2ccnc(N3CCOCC3)n2)cc1. The highest BCUT2D eigenvalue weighted by Crippen LogP contribution is 2.16. The van der Waals surface area contributed by atoms with Gasteiger partial charge in [-0.05, 0) is 30.3 Å². The highest BCUT2D eigenvalue weighted by molar-refractivity contribution is 7.89. The van der Waals surface area contributed by atoms with Gasteiger partial charge in [-0.1, -0.05) is 0 Å². The van der Waals surface area contributed by atoms with Crippen molar-refractivity contribution in [2.24, 2.45) is 0 Å². The molecule has 1 saturated heterocycles. The standard InChI is InChI=1S/C16H20N4O4S/c1-23-14-2-4-15(5-3-14)25(21,22)18-12-13-6-7-17-16(19-13)20-8-10-24-11-9-20/h2-7,18H,8-12H2,1H3. The van der Waals surface area contributed by atoms with Crippen LogP contribution in [0.3, 0.4) is 0 Å². The number of nitrogens with one attached hydrogen (secondary N) is 1. The van der Waals surface area contributed by atoms with Crippen molar-refractivity contribution in [3.8, 4) is 5.75 Å². The Morgan fingerprint density at radius 2 is 1.92 bits per heavy atom. The normalized spacial score (nSPS) is 15.2. The summed E-state index contributed by atoms with van der Waals surface area (Å²) in [5.74, 6) is 1.19. The Kier molecular flexibility index (Phi) is 5.47. The number of sulfonamides is 1. The summed E-state index contributed by atoms with van der Waals surface area (Å²) < 4.78 is 37.6. The molecule has 2 aromatic rings. The Hall–Kier alpha value is -2.23. The van der Waals surface area contributed by atoms with E-state index in [1.54, 1.807) is 24.4 Å². The van der Waals surface area contributed by atoms with E-state index in [0.29, 0.717) is 30.6 Å². The number of rotatable bonds is 6. The van der Waals surface area contributed by atoms with Crippen LogP contribution in [0.25, 0.3) is 0 Å². The van der Waals surface area contributed by atoms with E-state index in [1.807, 2.05) is 4.90 Å². The van der Waals surface area contributed by atoms with Crippen LogP contribution in [0, 0.1) is 0 Å². The third-order valence-electron chi connectivity index (χ3n) is 3.81. The lowest BCUT2D eigenvalue weighted by atomic mass is 10.3. The fraction of sp³-hybridized carbons (Fsp3) is 0.375. The number of aromatic nitrogens is 2. The van der Waals surface area contributed by atoms with Crippen LogP contribution in [-0.2, 0) is 21.3 Å². The predicted molar refractivity (Wildman–Crippen MR) is 92.1 cm³/mol. The molecule has 0 saturated carbocycles. The Labute approximate surface area is 146 Å². The Balaban J connectivity index is 1.67. The summed E-state index contributed by atoms with van der Waals surface area (Å²) in [6.07, 6.45) is 1.63. The van der Waals surface area contributed by atoms with Crippen molar-refractivity contribution >= 4 is 16.0 Å². The van der Waals surface area contributed by atoms with Gasteiger partial charge < -0.3 is 14.4 Å². The molecule has 0 atom stereocenters. The third kappa shape index (κ3) is 4.44. The van der Waals surface area contributed by atoms with Crippen LogP contribution >= 0.6 is 0 Å². The van der Waals surface area contributed by atoms with Crippen molar-refractivity contribution in [2.75, 3.05) is 38.3 Å². The molecular formula is C16H20N4O4S. The zero-order valence-electron chi connectivity index (χ0n) is 13.9. The number of benzene rings is 1. The number of nitrogens with zero attached hydrogens (tertiary/aromatic N) is 3. The number of morpholine rings is 1. The van der Waals surface area contributed by atoms with Crippen molar-refractivity contribution in [2.45, 2.75) is 11.4 Å². The molecule has 8 nitrogen and oxygen atoms in total. The third-order valence-corrected chi connectivity index (χ3v) is 5.22. The maximum absolute atomic E-state index is 12.4. The molecular weight excluding hydrogens is 344 g/mol. The molecule has 0 unspecified atom stereocenters. The van der Waals surface area contributed by atoms with E-state index < -0.39 is 10.0 Å². The van der Waals surface area contributed by atoms with Crippen LogP contribution in [0.15, 0.2) is 41.4 Å². The summed E-state index contributed by atoms with van der Waals surface area (Å²) >= 11 is 0. The molecule has 1 aromatic carbocycles. The van der Waals surface area contributed by atoms with Crippen molar-refractivity contribution < 1.29 is 17.9 Å². The van der Waals surface area contributed by atoms with Gasteiger partial charge >= 0.3 is 0 Å². The summed E-state index contributed by atoms with van der Waals surface area (Å²) in [4.78, 5) is 10.9. The topological polar surface area (TPSA) is 93.7 Å². The Bertz CT molecular complexity index is 805. The maximum atomic E-state index is 12.4. The zero-order valence-corrected chi connectivity index (χ0v) is 14.7. The van der Waals surface area contributed by atoms with Crippen molar-refractivity contribution in [3.63, 3.8) is 0 Å². The summed E-state index contributed by atoms with van der Waals surface area (Å²) in [5, 5.41) is 0. The first-order chi connectivity index (χ1) is 12.1. The van der Waals surface area contributed by atoms with E-state index in [4.69, 9.17) is 9.47 Å². The number of ether oxygens (including phenoxy) is 2. The summed E-state index contributed by atoms with van der Waals surface area (Å²) in [6, 6.07) is 7.91. The first kappa shape index (κ1) is 17.6. The van der Waals surface area contributed by atoms with Crippen molar-refractivity contribution in [1.29, 1.82) is 0 Å². The molecule has 1 N–H and O–H groups in total. The highest BCUT2D eigenvalue weighted by atomic mass is 32.2. The van der Waals surface area contributed by atoms with Crippen LogP contribution in [0.2, 0.25) is 0 Å². The van der Waals surface area contributed by atoms with Crippen molar-refractivity contribution in [3.05, 3.63) is 42.2 Å². The van der Waals surface area contributed by atoms with E-state index in [0.717, 1.165) is 13.1 Å². The van der Waals surface area contributed by atoms with Gasteiger partial charge in [0.15, 0.2) is 0 Å². The second kappa shape index (κ2) is 7.77. The van der Waals surface area contributed by atoms with E-state index in [-0.39, 0.29) is 11.4 Å². The lowest BCUT2D eigenvalue weighted by molar-refractivity contribution is 0.122. The number of methoxy groups -OCH3 is 1. The van der Waals surface area contributed by atoms with Gasteiger partial charge in [-0.2, -0.15) is 0 Å². The fourth-order valence-corrected chi connectivity index (χ4v) is 3.40. The molecule has 1 fully saturated rings. The second-order valence-electron chi connectivity index (χ2n) is 5.45. The van der Waals surface area contributed by atoms with Gasteiger partial charge in [0.1, 0.15) is 5.75 Å². The van der Waals surface area contributed by atoms with E-state index in [9.17, 15) is 8.42 Å². The largest absolute Gasteiger partial charge is 0.497 e. The van der Waals surface area contributed by atoms with Gasteiger partial charge in [-0.3, -0.25) is 0 Å². The first-order valence-electron chi connectivity index (χ1n) is 7.87. The monoisotopic (exact) mass is 364 g/mol. The van der Waals surface area contributed by atoms with Crippen LogP contribution < -0.4 is 14.4 Å². The minimum Gasteiger partial charge on any atom is -0.497 e. The number of hydrogen-bond donors (Lipinski definition) is 1. The van der Waals surface area contributed by atoms with Gasteiger partial charge in [0.05, 0.1) is 37.5 Å². The van der Waals surface area contributed by atoms with Crippen molar-refractivity contribution in [1.82, 2.24) is 14.7 Å². The number of hydrogen-bond acceptors (Lipinski definition) is 7. The van der Waals surface area contributed by atoms with E-state index in [1.165, 1.54) is 19.2 Å². The first-order valence-corrected chi connectivity index (χ1v) is 9.35. The van der Waals surface area contributed by atoms with Gasteiger partial charge in [0.2, 0.25) is 16.0 Å². The maximum Gasteiger partial charge on any atom is 0.240 e. The zero-order chi connectivity index (χ0) is 17.7. The summed E-state index contributed by atoms with van der Waals surface area (Å²) in [7, 11) is -2.09. The van der Waals surface area contributed by atoms with Gasteiger partial charge in [0.25, 0.3) is 0 Å². The van der Waals surface area contributed by atoms with Gasteiger partial charge in [-0.25, -0.2) is 23.1 Å². The number of anilines is 1. The molecule has 134 valence electrons. The van der Waals surface area contributed by atoms with Crippen LogP contribution in [-0.4, -0.2) is 51.8 Å². The fourth-order valence-electron chi connectivity index (χ4n) is 2.41. The second-order valence-corrected chi connectivity index (χ2v) is 7.21. The molecule has 0 spiro atoms. The lowest BCUT2D eigenvalue weighted by Crippen LogP contribution is -2.37. The average molecular weight is 364 g/mol. The Morgan fingerprint density at radius 1 is 1.20 bits per heavy atom. The van der Waals surface area contributed by atoms with Crippen LogP contribution in [0.1, 0.15) is 5.69 Å². The molecule has 1 aliphatic heterocycles. The Morgan fingerprint density at radius 3 is 2.60 bits per heavy atom. The van der Waals surface area contributed by atoms with Gasteiger partial charge in [0, 0.05) is 19.3 Å². The highest BCUT2D eigenvalue weighted by Gasteiger charge is 2.16. The molecule has 9 heteroatoms. The summed E-state index contributed by atoms with van der Waals surface area (Å²) in [5.41, 5.74) is 0.605. The molecule has 0 aliphatic carbocycles. The minimum absolute atomic E-state index is 0.0915.